The molecular weight excluding hydrogens is 409 g/mol. The quantitative estimate of drug-likeness (QED) is 0.409. The second-order valence-electron chi connectivity index (χ2n) is 6.32. The molecule has 1 N–H and O–H groups in total. The summed E-state index contributed by atoms with van der Waals surface area (Å²) in [7, 11) is 0. The number of nitrogens with zero attached hydrogens (tertiary/aromatic N) is 1. The second kappa shape index (κ2) is 9.29. The van der Waals surface area contributed by atoms with Crippen LogP contribution in [0.5, 0.6) is 11.5 Å². The van der Waals surface area contributed by atoms with Gasteiger partial charge >= 0.3 is 6.16 Å². The van der Waals surface area contributed by atoms with E-state index in [0.29, 0.717) is 0 Å². The number of benzene rings is 3. The molecule has 7 heteroatoms. The summed E-state index contributed by atoms with van der Waals surface area (Å²) in [6.07, 6.45) is -0.745. The molecule has 0 fully saturated rings. The SMILES string of the molecule is CCOC(=O)Oc1ccc(Cl)cc1-c1c(C#N)cc(Cc2ccccc2)c(O)c1F. The van der Waals surface area contributed by atoms with Crippen molar-refractivity contribution in [1.29, 1.82) is 5.26 Å². The van der Waals surface area contributed by atoms with Crippen molar-refractivity contribution in [2.45, 2.75) is 13.3 Å². The summed E-state index contributed by atoms with van der Waals surface area (Å²) >= 11 is 6.05. The van der Waals surface area contributed by atoms with Gasteiger partial charge in [0.05, 0.1) is 18.2 Å². The van der Waals surface area contributed by atoms with Crippen molar-refractivity contribution in [3.63, 3.8) is 0 Å². The lowest BCUT2D eigenvalue weighted by Crippen LogP contribution is -2.11. The molecule has 152 valence electrons. The minimum Gasteiger partial charge on any atom is -0.505 e. The van der Waals surface area contributed by atoms with Crippen LogP contribution in [0.15, 0.2) is 54.6 Å². The monoisotopic (exact) mass is 425 g/mol. The van der Waals surface area contributed by atoms with Crippen LogP contribution in [-0.4, -0.2) is 17.9 Å². The van der Waals surface area contributed by atoms with Gasteiger partial charge in [0.15, 0.2) is 11.6 Å². The zero-order chi connectivity index (χ0) is 21.7. The van der Waals surface area contributed by atoms with Crippen LogP contribution in [0, 0.1) is 17.1 Å². The van der Waals surface area contributed by atoms with E-state index in [9.17, 15) is 15.2 Å². The highest BCUT2D eigenvalue weighted by Crippen LogP contribution is 2.41. The molecule has 0 aliphatic rings. The molecule has 0 heterocycles. The van der Waals surface area contributed by atoms with Crippen LogP contribution in [0.1, 0.15) is 23.6 Å². The minimum atomic E-state index is -1.00. The molecule has 0 saturated carbocycles. The molecule has 3 rings (SSSR count). The van der Waals surface area contributed by atoms with Crippen molar-refractivity contribution in [1.82, 2.24) is 0 Å². The van der Waals surface area contributed by atoms with E-state index in [1.807, 2.05) is 36.4 Å². The van der Waals surface area contributed by atoms with Crippen LogP contribution in [0.4, 0.5) is 9.18 Å². The number of ether oxygens (including phenoxy) is 2. The van der Waals surface area contributed by atoms with Gasteiger partial charge in [0.2, 0.25) is 0 Å². The Labute approximate surface area is 177 Å². The fourth-order valence-corrected chi connectivity index (χ4v) is 3.19. The number of rotatable bonds is 5. The first-order chi connectivity index (χ1) is 14.4. The van der Waals surface area contributed by atoms with Gasteiger partial charge in [-0.15, -0.1) is 0 Å². The Bertz CT molecular complexity index is 1130. The molecule has 0 amide bonds. The zero-order valence-corrected chi connectivity index (χ0v) is 16.7. The van der Waals surface area contributed by atoms with E-state index in [-0.39, 0.29) is 46.1 Å². The van der Waals surface area contributed by atoms with Crippen molar-refractivity contribution in [2.75, 3.05) is 6.61 Å². The number of phenolic OH excluding ortho intramolecular Hbond substituents is 1. The molecule has 5 nitrogen and oxygen atoms in total. The van der Waals surface area contributed by atoms with E-state index in [1.54, 1.807) is 6.92 Å². The van der Waals surface area contributed by atoms with E-state index < -0.39 is 17.7 Å². The number of aromatic hydroxyl groups is 1. The fraction of sp³-hybridized carbons (Fsp3) is 0.130. The van der Waals surface area contributed by atoms with Crippen molar-refractivity contribution in [3.05, 3.63) is 82.1 Å². The van der Waals surface area contributed by atoms with Crippen LogP contribution in [0.2, 0.25) is 5.02 Å². The van der Waals surface area contributed by atoms with Gasteiger partial charge in [-0.2, -0.15) is 5.26 Å². The summed E-state index contributed by atoms with van der Waals surface area (Å²) in [5.41, 5.74) is 0.902. The van der Waals surface area contributed by atoms with Gasteiger partial charge in [-0.05, 0) is 36.8 Å². The molecule has 0 radical (unpaired) electrons. The summed E-state index contributed by atoms with van der Waals surface area (Å²) in [4.78, 5) is 11.8. The number of halogens is 2. The highest BCUT2D eigenvalue weighted by molar-refractivity contribution is 6.31. The normalized spacial score (nSPS) is 10.3. The number of carbonyl (C=O) groups excluding carboxylic acids is 1. The van der Waals surface area contributed by atoms with E-state index in [0.717, 1.165) is 5.56 Å². The Balaban J connectivity index is 2.13. The van der Waals surface area contributed by atoms with Crippen LogP contribution >= 0.6 is 11.6 Å². The summed E-state index contributed by atoms with van der Waals surface area (Å²) in [6.45, 7) is 1.70. The average Bonchev–Trinajstić information content (AvgIpc) is 2.73. The van der Waals surface area contributed by atoms with Gasteiger partial charge in [0, 0.05) is 28.1 Å². The summed E-state index contributed by atoms with van der Waals surface area (Å²) in [5, 5.41) is 20.4. The maximum absolute atomic E-state index is 15.3. The van der Waals surface area contributed by atoms with Crippen LogP contribution in [0.3, 0.4) is 0 Å². The predicted molar refractivity (Wildman–Crippen MR) is 110 cm³/mol. The topological polar surface area (TPSA) is 79.5 Å². The van der Waals surface area contributed by atoms with Gasteiger partial charge in [-0.1, -0.05) is 41.9 Å². The van der Waals surface area contributed by atoms with Crippen molar-refractivity contribution < 1.29 is 23.8 Å². The van der Waals surface area contributed by atoms with Gasteiger partial charge in [0.25, 0.3) is 0 Å². The lowest BCUT2D eigenvalue weighted by atomic mass is 9.93. The lowest BCUT2D eigenvalue weighted by Gasteiger charge is -2.15. The average molecular weight is 426 g/mol. The Hall–Kier alpha value is -3.56. The molecule has 0 unspecified atom stereocenters. The summed E-state index contributed by atoms with van der Waals surface area (Å²) in [6, 6.07) is 16.7. The molecule has 3 aromatic rings. The van der Waals surface area contributed by atoms with Crippen LogP contribution in [-0.2, 0) is 11.2 Å². The molecule has 0 aliphatic carbocycles. The molecule has 0 aliphatic heterocycles. The highest BCUT2D eigenvalue weighted by atomic mass is 35.5. The first-order valence-electron chi connectivity index (χ1n) is 9.07. The van der Waals surface area contributed by atoms with Gasteiger partial charge < -0.3 is 14.6 Å². The van der Waals surface area contributed by atoms with E-state index in [2.05, 4.69) is 0 Å². The number of nitriles is 1. The molecular formula is C23H17ClFNO4. The van der Waals surface area contributed by atoms with Crippen LogP contribution < -0.4 is 4.74 Å². The third-order valence-electron chi connectivity index (χ3n) is 4.34. The summed E-state index contributed by atoms with van der Waals surface area (Å²) < 4.78 is 25.2. The number of hydrogen-bond acceptors (Lipinski definition) is 5. The third-order valence-corrected chi connectivity index (χ3v) is 4.58. The third kappa shape index (κ3) is 4.53. The smallest absolute Gasteiger partial charge is 0.505 e. The van der Waals surface area contributed by atoms with Crippen molar-refractivity contribution in [2.24, 2.45) is 0 Å². The maximum atomic E-state index is 15.3. The van der Waals surface area contributed by atoms with Crippen molar-refractivity contribution in [3.8, 4) is 28.7 Å². The number of carbonyl (C=O) groups is 1. The second-order valence-corrected chi connectivity index (χ2v) is 6.76. The molecule has 3 aromatic carbocycles. The first kappa shape index (κ1) is 21.2. The van der Waals surface area contributed by atoms with Gasteiger partial charge in [-0.25, -0.2) is 9.18 Å². The Kier molecular flexibility index (Phi) is 6.55. The molecule has 0 atom stereocenters. The molecule has 0 saturated heterocycles. The number of phenols is 1. The standard InChI is InChI=1S/C23H17ClFNO4/c1-2-29-23(28)30-19-9-8-17(24)12-18(19)20-16(13-26)11-15(22(27)21(20)25)10-14-6-4-3-5-7-14/h3-9,11-12,27H,2,10H2,1H3. The Morgan fingerprint density at radius 1 is 1.20 bits per heavy atom. The van der Waals surface area contributed by atoms with Crippen LogP contribution in [0.25, 0.3) is 11.1 Å². The van der Waals surface area contributed by atoms with E-state index >= 15 is 4.39 Å². The Morgan fingerprint density at radius 3 is 2.60 bits per heavy atom. The van der Waals surface area contributed by atoms with Gasteiger partial charge in [-0.3, -0.25) is 0 Å². The fourth-order valence-electron chi connectivity index (χ4n) is 3.02. The van der Waals surface area contributed by atoms with Gasteiger partial charge in [0.1, 0.15) is 5.75 Å². The number of hydrogen-bond donors (Lipinski definition) is 1. The van der Waals surface area contributed by atoms with Crippen molar-refractivity contribution >= 4 is 17.8 Å². The molecule has 30 heavy (non-hydrogen) atoms. The Morgan fingerprint density at radius 2 is 1.93 bits per heavy atom. The zero-order valence-electron chi connectivity index (χ0n) is 16.0. The minimum absolute atomic E-state index is 0.0350. The molecule has 0 bridgehead atoms. The van der Waals surface area contributed by atoms with E-state index in [1.165, 1.54) is 24.3 Å². The maximum Gasteiger partial charge on any atom is 0.513 e. The van der Waals surface area contributed by atoms with E-state index in [4.69, 9.17) is 21.1 Å². The largest absolute Gasteiger partial charge is 0.513 e. The molecule has 0 spiro atoms. The molecule has 0 aromatic heterocycles. The highest BCUT2D eigenvalue weighted by Gasteiger charge is 2.23. The predicted octanol–water partition coefficient (Wildman–Crippen LogP) is 5.85. The summed E-state index contributed by atoms with van der Waals surface area (Å²) in [5.74, 6) is -1.64. The first-order valence-corrected chi connectivity index (χ1v) is 9.45. The lowest BCUT2D eigenvalue weighted by molar-refractivity contribution is 0.104.